The smallest absolute Gasteiger partial charge is 0.420 e. The standard InChI is InChI=1S/C9H9ClF3NO/c1-14-4-5-2-6(9(11,12)13)8(15)7(10)3-5/h2-3,14-15H,4H2,1H3. The topological polar surface area (TPSA) is 32.3 Å². The predicted octanol–water partition coefficient (Wildman–Crippen LogP) is 2.78. The van der Waals surface area contributed by atoms with Crippen LogP contribution in [0, 0.1) is 0 Å². The highest BCUT2D eigenvalue weighted by Gasteiger charge is 2.35. The van der Waals surface area contributed by atoms with Gasteiger partial charge in [0.15, 0.2) is 0 Å². The Morgan fingerprint density at radius 2 is 2.00 bits per heavy atom. The molecule has 0 spiro atoms. The van der Waals surface area contributed by atoms with Gasteiger partial charge in [-0.15, -0.1) is 0 Å². The van der Waals surface area contributed by atoms with Crippen LogP contribution in [0.25, 0.3) is 0 Å². The molecule has 15 heavy (non-hydrogen) atoms. The molecule has 1 aromatic carbocycles. The van der Waals surface area contributed by atoms with Crippen LogP contribution in [0.5, 0.6) is 5.75 Å². The second-order valence-electron chi connectivity index (χ2n) is 3.00. The molecular formula is C9H9ClF3NO. The molecule has 0 saturated carbocycles. The molecular weight excluding hydrogens is 231 g/mol. The highest BCUT2D eigenvalue weighted by molar-refractivity contribution is 6.32. The molecule has 84 valence electrons. The lowest BCUT2D eigenvalue weighted by atomic mass is 10.1. The molecule has 2 nitrogen and oxygen atoms in total. The average Bonchev–Trinajstić information content (AvgIpc) is 2.09. The molecule has 6 heteroatoms. The zero-order chi connectivity index (χ0) is 11.6. The lowest BCUT2D eigenvalue weighted by Gasteiger charge is -2.12. The van der Waals surface area contributed by atoms with E-state index in [0.29, 0.717) is 5.56 Å². The molecule has 0 aliphatic heterocycles. The maximum Gasteiger partial charge on any atom is 0.420 e. The Morgan fingerprint density at radius 1 is 1.40 bits per heavy atom. The minimum absolute atomic E-state index is 0.253. The van der Waals surface area contributed by atoms with Crippen molar-refractivity contribution in [3.63, 3.8) is 0 Å². The third kappa shape index (κ3) is 2.76. The summed E-state index contributed by atoms with van der Waals surface area (Å²) in [6, 6.07) is 2.17. The number of benzene rings is 1. The van der Waals surface area contributed by atoms with Crippen LogP contribution in [0.2, 0.25) is 5.02 Å². The molecule has 0 aromatic heterocycles. The summed E-state index contributed by atoms with van der Waals surface area (Å²) < 4.78 is 37.2. The van der Waals surface area contributed by atoms with Crippen molar-refractivity contribution in [2.75, 3.05) is 7.05 Å². The number of rotatable bonds is 2. The number of halogens is 4. The fourth-order valence-electron chi connectivity index (χ4n) is 1.18. The molecule has 0 atom stereocenters. The molecule has 0 aliphatic carbocycles. The van der Waals surface area contributed by atoms with Crippen molar-refractivity contribution in [2.45, 2.75) is 12.7 Å². The third-order valence-corrected chi connectivity index (χ3v) is 2.10. The second-order valence-corrected chi connectivity index (χ2v) is 3.41. The van der Waals surface area contributed by atoms with Crippen molar-refractivity contribution in [1.29, 1.82) is 0 Å². The molecule has 0 heterocycles. The van der Waals surface area contributed by atoms with Gasteiger partial charge in [-0.3, -0.25) is 0 Å². The first kappa shape index (κ1) is 12.1. The molecule has 0 saturated heterocycles. The van der Waals surface area contributed by atoms with E-state index in [-0.39, 0.29) is 11.6 Å². The van der Waals surface area contributed by atoms with Crippen LogP contribution >= 0.6 is 11.6 Å². The number of hydrogen-bond donors (Lipinski definition) is 2. The summed E-state index contributed by atoms with van der Waals surface area (Å²) in [6.45, 7) is 0.253. The summed E-state index contributed by atoms with van der Waals surface area (Å²) in [7, 11) is 1.61. The van der Waals surface area contributed by atoms with Gasteiger partial charge in [-0.25, -0.2) is 0 Å². The first-order valence-electron chi connectivity index (χ1n) is 4.09. The van der Waals surface area contributed by atoms with E-state index in [9.17, 15) is 13.2 Å². The van der Waals surface area contributed by atoms with Crippen LogP contribution in [-0.2, 0) is 12.7 Å². The van der Waals surface area contributed by atoms with Crippen LogP contribution in [0.1, 0.15) is 11.1 Å². The van der Waals surface area contributed by atoms with Crippen LogP contribution in [0.3, 0.4) is 0 Å². The van der Waals surface area contributed by atoms with Gasteiger partial charge in [0.05, 0.1) is 10.6 Å². The van der Waals surface area contributed by atoms with Crippen LogP contribution in [-0.4, -0.2) is 12.2 Å². The Kier molecular flexibility index (Phi) is 3.46. The van der Waals surface area contributed by atoms with Crippen molar-refractivity contribution in [1.82, 2.24) is 5.32 Å². The fourth-order valence-corrected chi connectivity index (χ4v) is 1.42. The maximum absolute atomic E-state index is 12.4. The van der Waals surface area contributed by atoms with Gasteiger partial charge in [0.2, 0.25) is 0 Å². The number of aromatic hydroxyl groups is 1. The van der Waals surface area contributed by atoms with Gasteiger partial charge < -0.3 is 10.4 Å². The van der Waals surface area contributed by atoms with E-state index in [1.165, 1.54) is 6.07 Å². The molecule has 2 N–H and O–H groups in total. The van der Waals surface area contributed by atoms with Crippen LogP contribution < -0.4 is 5.32 Å². The van der Waals surface area contributed by atoms with Gasteiger partial charge in [-0.1, -0.05) is 11.6 Å². The Hall–Kier alpha value is -0.940. The lowest BCUT2D eigenvalue weighted by molar-refractivity contribution is -0.138. The largest absolute Gasteiger partial charge is 0.506 e. The SMILES string of the molecule is CNCc1cc(Cl)c(O)c(C(F)(F)F)c1. The molecule has 0 aliphatic rings. The average molecular weight is 240 g/mol. The van der Waals surface area contributed by atoms with Gasteiger partial charge in [-0.05, 0) is 24.7 Å². The van der Waals surface area contributed by atoms with Crippen molar-refractivity contribution < 1.29 is 18.3 Å². The molecule has 0 amide bonds. The normalized spacial score (nSPS) is 11.8. The number of phenols is 1. The van der Waals surface area contributed by atoms with Crippen molar-refractivity contribution in [3.8, 4) is 5.75 Å². The van der Waals surface area contributed by atoms with E-state index in [2.05, 4.69) is 5.32 Å². The Balaban J connectivity index is 3.25. The zero-order valence-electron chi connectivity index (χ0n) is 7.82. The van der Waals surface area contributed by atoms with Crippen LogP contribution in [0.15, 0.2) is 12.1 Å². The van der Waals surface area contributed by atoms with Crippen molar-refractivity contribution in [2.24, 2.45) is 0 Å². The lowest BCUT2D eigenvalue weighted by Crippen LogP contribution is -2.09. The summed E-state index contributed by atoms with van der Waals surface area (Å²) in [5.74, 6) is -0.927. The van der Waals surface area contributed by atoms with Crippen molar-refractivity contribution in [3.05, 3.63) is 28.3 Å². The van der Waals surface area contributed by atoms with Gasteiger partial charge in [0.25, 0.3) is 0 Å². The van der Waals surface area contributed by atoms with E-state index >= 15 is 0 Å². The van der Waals surface area contributed by atoms with Crippen molar-refractivity contribution >= 4 is 11.6 Å². The summed E-state index contributed by atoms with van der Waals surface area (Å²) >= 11 is 5.48. The first-order chi connectivity index (χ1) is 6.86. The monoisotopic (exact) mass is 239 g/mol. The Bertz CT molecular complexity index is 365. The predicted molar refractivity (Wildman–Crippen MR) is 50.9 cm³/mol. The fraction of sp³-hybridized carbons (Fsp3) is 0.333. The quantitative estimate of drug-likeness (QED) is 0.832. The van der Waals surface area contributed by atoms with E-state index in [1.807, 2.05) is 0 Å². The minimum atomic E-state index is -4.60. The number of phenolic OH excluding ortho intramolecular Hbond substituents is 1. The summed E-state index contributed by atoms with van der Waals surface area (Å²) in [4.78, 5) is 0. The summed E-state index contributed by atoms with van der Waals surface area (Å²) in [6.07, 6.45) is -4.60. The molecule has 0 radical (unpaired) electrons. The van der Waals surface area contributed by atoms with Gasteiger partial charge in [0.1, 0.15) is 5.75 Å². The number of hydrogen-bond acceptors (Lipinski definition) is 2. The van der Waals surface area contributed by atoms with E-state index in [0.717, 1.165) is 6.07 Å². The maximum atomic E-state index is 12.4. The second kappa shape index (κ2) is 4.28. The molecule has 1 aromatic rings. The highest BCUT2D eigenvalue weighted by Crippen LogP contribution is 2.40. The number of alkyl halides is 3. The zero-order valence-corrected chi connectivity index (χ0v) is 8.58. The van der Waals surface area contributed by atoms with Gasteiger partial charge in [0, 0.05) is 6.54 Å². The molecule has 0 fully saturated rings. The van der Waals surface area contributed by atoms with Gasteiger partial charge in [-0.2, -0.15) is 13.2 Å². The molecule has 0 unspecified atom stereocenters. The first-order valence-corrected chi connectivity index (χ1v) is 4.47. The van der Waals surface area contributed by atoms with Crippen LogP contribution in [0.4, 0.5) is 13.2 Å². The summed E-state index contributed by atoms with van der Waals surface area (Å²) in [5, 5.41) is 11.6. The minimum Gasteiger partial charge on any atom is -0.506 e. The number of nitrogens with one attached hydrogen (secondary N) is 1. The Labute approximate surface area is 89.7 Å². The third-order valence-electron chi connectivity index (χ3n) is 1.81. The van der Waals surface area contributed by atoms with Gasteiger partial charge >= 0.3 is 6.18 Å². The van der Waals surface area contributed by atoms with E-state index < -0.39 is 17.5 Å². The molecule has 0 bridgehead atoms. The Morgan fingerprint density at radius 3 is 2.47 bits per heavy atom. The molecule has 1 rings (SSSR count). The highest BCUT2D eigenvalue weighted by atomic mass is 35.5. The summed E-state index contributed by atoms with van der Waals surface area (Å²) in [5.41, 5.74) is -0.743. The van der Waals surface area contributed by atoms with E-state index in [4.69, 9.17) is 16.7 Å². The van der Waals surface area contributed by atoms with E-state index in [1.54, 1.807) is 7.05 Å².